The van der Waals surface area contributed by atoms with Crippen LogP contribution >= 0.6 is 11.6 Å². The molecule has 0 spiro atoms. The predicted octanol–water partition coefficient (Wildman–Crippen LogP) is 4.32. The maximum Gasteiger partial charge on any atom is 0.341 e. The number of nitriles is 1. The molecule has 0 saturated carbocycles. The molecule has 2 aromatic carbocycles. The van der Waals surface area contributed by atoms with Crippen molar-refractivity contribution < 1.29 is 14.6 Å². The Kier molecular flexibility index (Phi) is 4.62. The zero-order valence-electron chi connectivity index (χ0n) is 14.6. The average molecular weight is 369 g/mol. The standard InChI is InChI=1S/C20H17ClN2O3/c1-11-6-13(8-22)7-15-12(2)9-23(18(11)15)10-16-17(21)5-4-14(19(16)24)20(25)26-3/h4-7,9,24H,10H2,1-3H3. The first-order chi connectivity index (χ1) is 12.4. The Hall–Kier alpha value is -2.97. The number of aromatic hydroxyl groups is 1. The first kappa shape index (κ1) is 17.8. The molecule has 0 aliphatic heterocycles. The van der Waals surface area contributed by atoms with Gasteiger partial charge in [0.05, 0.1) is 30.8 Å². The summed E-state index contributed by atoms with van der Waals surface area (Å²) in [6.07, 6.45) is 1.94. The second-order valence-electron chi connectivity index (χ2n) is 6.15. The van der Waals surface area contributed by atoms with Crippen LogP contribution in [0.4, 0.5) is 0 Å². The van der Waals surface area contributed by atoms with Gasteiger partial charge in [0.15, 0.2) is 0 Å². The van der Waals surface area contributed by atoms with Crippen LogP contribution in [0.1, 0.15) is 32.6 Å². The molecule has 0 unspecified atom stereocenters. The van der Waals surface area contributed by atoms with Crippen LogP contribution in [0.5, 0.6) is 5.75 Å². The number of nitrogens with zero attached hydrogens (tertiary/aromatic N) is 2. The number of esters is 1. The van der Waals surface area contributed by atoms with E-state index in [-0.39, 0.29) is 17.9 Å². The largest absolute Gasteiger partial charge is 0.507 e. The van der Waals surface area contributed by atoms with Gasteiger partial charge in [0.2, 0.25) is 0 Å². The highest BCUT2D eigenvalue weighted by molar-refractivity contribution is 6.31. The van der Waals surface area contributed by atoms with E-state index in [1.807, 2.05) is 36.7 Å². The quantitative estimate of drug-likeness (QED) is 0.698. The highest BCUT2D eigenvalue weighted by atomic mass is 35.5. The van der Waals surface area contributed by atoms with E-state index in [2.05, 4.69) is 6.07 Å². The fraction of sp³-hybridized carbons (Fsp3) is 0.200. The lowest BCUT2D eigenvalue weighted by atomic mass is 10.1. The number of rotatable bonds is 3. The van der Waals surface area contributed by atoms with Crippen molar-refractivity contribution in [3.63, 3.8) is 0 Å². The van der Waals surface area contributed by atoms with E-state index >= 15 is 0 Å². The van der Waals surface area contributed by atoms with Crippen LogP contribution in [0.2, 0.25) is 5.02 Å². The van der Waals surface area contributed by atoms with Crippen molar-refractivity contribution in [3.05, 3.63) is 63.3 Å². The summed E-state index contributed by atoms with van der Waals surface area (Å²) in [4.78, 5) is 11.8. The van der Waals surface area contributed by atoms with Crippen LogP contribution in [-0.2, 0) is 11.3 Å². The SMILES string of the molecule is COC(=O)c1ccc(Cl)c(Cn2cc(C)c3cc(C#N)cc(C)c32)c1O. The van der Waals surface area contributed by atoms with Crippen LogP contribution in [0.3, 0.4) is 0 Å². The molecule has 0 bridgehead atoms. The molecule has 5 nitrogen and oxygen atoms in total. The molecule has 6 heteroatoms. The number of carbonyl (C=O) groups excluding carboxylic acids is 1. The predicted molar refractivity (Wildman–Crippen MR) is 99.7 cm³/mol. The molecule has 132 valence electrons. The average Bonchev–Trinajstić information content (AvgIpc) is 2.94. The van der Waals surface area contributed by atoms with Gasteiger partial charge in [-0.15, -0.1) is 0 Å². The minimum Gasteiger partial charge on any atom is -0.507 e. The zero-order chi connectivity index (χ0) is 19.0. The van der Waals surface area contributed by atoms with Crippen molar-refractivity contribution in [2.75, 3.05) is 7.11 Å². The van der Waals surface area contributed by atoms with Gasteiger partial charge in [-0.2, -0.15) is 5.26 Å². The highest BCUT2D eigenvalue weighted by Gasteiger charge is 2.19. The number of aryl methyl sites for hydroxylation is 2. The van der Waals surface area contributed by atoms with Crippen LogP contribution in [0, 0.1) is 25.2 Å². The van der Waals surface area contributed by atoms with E-state index in [9.17, 15) is 15.2 Å². The summed E-state index contributed by atoms with van der Waals surface area (Å²) < 4.78 is 6.66. The molecule has 0 radical (unpaired) electrons. The van der Waals surface area contributed by atoms with Gasteiger partial charge in [-0.3, -0.25) is 0 Å². The number of hydrogen-bond donors (Lipinski definition) is 1. The van der Waals surface area contributed by atoms with Crippen LogP contribution in [0.25, 0.3) is 10.9 Å². The number of aromatic nitrogens is 1. The number of hydrogen-bond acceptors (Lipinski definition) is 4. The molecule has 0 saturated heterocycles. The number of fused-ring (bicyclic) bond motifs is 1. The van der Waals surface area contributed by atoms with Gasteiger partial charge in [0, 0.05) is 22.2 Å². The lowest BCUT2D eigenvalue weighted by Gasteiger charge is -2.13. The molecule has 1 N–H and O–H groups in total. The third kappa shape index (κ3) is 2.89. The van der Waals surface area contributed by atoms with Crippen molar-refractivity contribution in [2.24, 2.45) is 0 Å². The van der Waals surface area contributed by atoms with Crippen molar-refractivity contribution in [3.8, 4) is 11.8 Å². The first-order valence-electron chi connectivity index (χ1n) is 7.96. The maximum atomic E-state index is 11.8. The Bertz CT molecular complexity index is 1080. The third-order valence-corrected chi connectivity index (χ3v) is 4.80. The summed E-state index contributed by atoms with van der Waals surface area (Å²) >= 11 is 6.28. The summed E-state index contributed by atoms with van der Waals surface area (Å²) in [5.74, 6) is -0.807. The fourth-order valence-electron chi connectivity index (χ4n) is 3.23. The van der Waals surface area contributed by atoms with Gasteiger partial charge < -0.3 is 14.4 Å². The summed E-state index contributed by atoms with van der Waals surface area (Å²) in [7, 11) is 1.26. The number of phenolic OH excluding ortho intramolecular Hbond substituents is 1. The maximum absolute atomic E-state index is 11.8. The van der Waals surface area contributed by atoms with Crippen molar-refractivity contribution in [1.29, 1.82) is 5.26 Å². The number of benzene rings is 2. The molecule has 3 aromatic rings. The monoisotopic (exact) mass is 368 g/mol. The van der Waals surface area contributed by atoms with Gasteiger partial charge in [-0.1, -0.05) is 11.6 Å². The van der Waals surface area contributed by atoms with E-state index in [0.717, 1.165) is 22.0 Å². The highest BCUT2D eigenvalue weighted by Crippen LogP contribution is 2.33. The van der Waals surface area contributed by atoms with Crippen molar-refractivity contribution in [2.45, 2.75) is 20.4 Å². The van der Waals surface area contributed by atoms with E-state index in [4.69, 9.17) is 16.3 Å². The van der Waals surface area contributed by atoms with Crippen molar-refractivity contribution in [1.82, 2.24) is 4.57 Å². The second-order valence-corrected chi connectivity index (χ2v) is 6.56. The number of carbonyl (C=O) groups is 1. The molecule has 0 aliphatic rings. The molecule has 1 aromatic heterocycles. The Morgan fingerprint density at radius 3 is 2.69 bits per heavy atom. The molecular formula is C20H17ClN2O3. The second kappa shape index (κ2) is 6.74. The zero-order valence-corrected chi connectivity index (χ0v) is 15.4. The fourth-order valence-corrected chi connectivity index (χ4v) is 3.44. The molecule has 0 amide bonds. The topological polar surface area (TPSA) is 75.2 Å². The summed E-state index contributed by atoms with van der Waals surface area (Å²) in [5.41, 5.74) is 4.04. The Balaban J connectivity index is 2.16. The van der Waals surface area contributed by atoms with Crippen LogP contribution in [-0.4, -0.2) is 22.8 Å². The molecule has 0 atom stereocenters. The summed E-state index contributed by atoms with van der Waals surface area (Å²) in [6, 6.07) is 8.85. The molecule has 0 fully saturated rings. The number of ether oxygens (including phenoxy) is 1. The van der Waals surface area contributed by atoms with Gasteiger partial charge in [0.25, 0.3) is 0 Å². The Labute approximate surface area is 156 Å². The minimum absolute atomic E-state index is 0.0728. The molecule has 1 heterocycles. The van der Waals surface area contributed by atoms with E-state index < -0.39 is 5.97 Å². The summed E-state index contributed by atoms with van der Waals surface area (Å²) in [5, 5.41) is 21.0. The normalized spacial score (nSPS) is 10.7. The molecule has 0 aliphatic carbocycles. The first-order valence-corrected chi connectivity index (χ1v) is 8.34. The lowest BCUT2D eigenvalue weighted by molar-refractivity contribution is 0.0597. The van der Waals surface area contributed by atoms with Crippen LogP contribution in [0.15, 0.2) is 30.5 Å². The van der Waals surface area contributed by atoms with Gasteiger partial charge >= 0.3 is 5.97 Å². The van der Waals surface area contributed by atoms with E-state index in [1.54, 1.807) is 6.07 Å². The molecular weight excluding hydrogens is 352 g/mol. The molecule has 3 rings (SSSR count). The van der Waals surface area contributed by atoms with Gasteiger partial charge in [-0.25, -0.2) is 4.79 Å². The number of methoxy groups -OCH3 is 1. The van der Waals surface area contributed by atoms with Gasteiger partial charge in [0.1, 0.15) is 11.3 Å². The van der Waals surface area contributed by atoms with E-state index in [0.29, 0.717) is 16.1 Å². The minimum atomic E-state index is -0.621. The number of halogens is 1. The van der Waals surface area contributed by atoms with Crippen LogP contribution < -0.4 is 0 Å². The van der Waals surface area contributed by atoms with E-state index in [1.165, 1.54) is 13.2 Å². The molecule has 26 heavy (non-hydrogen) atoms. The van der Waals surface area contributed by atoms with Gasteiger partial charge in [-0.05, 0) is 49.2 Å². The number of phenols is 1. The third-order valence-electron chi connectivity index (χ3n) is 4.45. The van der Waals surface area contributed by atoms with Crippen molar-refractivity contribution >= 4 is 28.5 Å². The smallest absolute Gasteiger partial charge is 0.341 e. The lowest BCUT2D eigenvalue weighted by Crippen LogP contribution is -2.06. The Morgan fingerprint density at radius 2 is 2.04 bits per heavy atom. The summed E-state index contributed by atoms with van der Waals surface area (Å²) in [6.45, 7) is 4.18. The Morgan fingerprint density at radius 1 is 1.31 bits per heavy atom.